The lowest BCUT2D eigenvalue weighted by Crippen LogP contribution is -2.35. The van der Waals surface area contributed by atoms with Crippen molar-refractivity contribution in [2.75, 3.05) is 12.3 Å². The van der Waals surface area contributed by atoms with E-state index in [1.54, 1.807) is 12.1 Å². The lowest BCUT2D eigenvalue weighted by atomic mass is 10.1. The van der Waals surface area contributed by atoms with E-state index in [2.05, 4.69) is 20.0 Å². The topological polar surface area (TPSA) is 173 Å². The van der Waals surface area contributed by atoms with Crippen molar-refractivity contribution in [3.63, 3.8) is 0 Å². The van der Waals surface area contributed by atoms with Crippen LogP contribution in [0.25, 0.3) is 21.9 Å². The van der Waals surface area contributed by atoms with Crippen molar-refractivity contribution < 1.29 is 37.4 Å². The van der Waals surface area contributed by atoms with Gasteiger partial charge in [0.05, 0.1) is 19.0 Å². The number of imidazole rings is 1. The highest BCUT2D eigenvalue weighted by atomic mass is 31.2. The number of carbonyl (C=O) groups is 1. The number of benzene rings is 3. The van der Waals surface area contributed by atoms with Crippen molar-refractivity contribution in [1.82, 2.24) is 24.6 Å². The number of anilines is 1. The van der Waals surface area contributed by atoms with E-state index in [0.29, 0.717) is 5.39 Å². The predicted molar refractivity (Wildman–Crippen MR) is 161 cm³/mol. The number of nitrogens with one attached hydrogen (secondary N) is 1. The zero-order valence-electron chi connectivity index (χ0n) is 24.0. The number of carbonyl (C=O) groups excluding carboxylic acids is 1. The summed E-state index contributed by atoms with van der Waals surface area (Å²) in [7, 11) is -4.27. The average molecular weight is 637 g/mol. The number of hydrogen-bond donors (Lipinski definition) is 3. The molecule has 0 amide bonds. The number of nitrogens with zero attached hydrogens (tertiary/aromatic N) is 4. The molecular weight excluding hydrogens is 606 g/mol. The molecule has 5 aromatic rings. The van der Waals surface area contributed by atoms with Gasteiger partial charge in [0.15, 0.2) is 23.2 Å². The Morgan fingerprint density at radius 2 is 1.91 bits per heavy atom. The van der Waals surface area contributed by atoms with Crippen LogP contribution >= 0.6 is 7.75 Å². The molecule has 6 rings (SSSR count). The van der Waals surface area contributed by atoms with Gasteiger partial charge in [-0.25, -0.2) is 9.55 Å². The molecule has 1 unspecified atom stereocenters. The molecule has 1 fully saturated rings. The Morgan fingerprint density at radius 1 is 1.16 bits per heavy atom. The summed E-state index contributed by atoms with van der Waals surface area (Å²) in [5.41, 5.74) is 6.74. The van der Waals surface area contributed by atoms with Crippen LogP contribution < -0.4 is 15.3 Å². The summed E-state index contributed by atoms with van der Waals surface area (Å²) >= 11 is 0. The molecule has 0 spiro atoms. The molecule has 0 radical (unpaired) electrons. The van der Waals surface area contributed by atoms with E-state index in [1.165, 1.54) is 17.8 Å². The number of nitrogen functional groups attached to an aromatic ring is 1. The van der Waals surface area contributed by atoms with E-state index < -0.39 is 44.3 Å². The second-order valence-corrected chi connectivity index (χ2v) is 12.2. The minimum absolute atomic E-state index is 0.0274. The standard InChI is InChI=1S/C30H30FN6O7P/c1-18(29(39)41-15-19-8-3-2-4-9-19)36-45(40,44-24-13-7-11-20-10-5-6-12-22(20)24)42-16-21-14-23(38)28(43-21)37-17-33-25-26(32)34-30(31)35-27(25)37/h2-13,17-18,21,23,28,38H,14-16H2,1H3,(H,36,40)(H2,32,34,35)/t18-,21-,23-,28+,45?/m0/s1. The lowest BCUT2D eigenvalue weighted by molar-refractivity contribution is -0.146. The largest absolute Gasteiger partial charge is 0.460 e. The SMILES string of the molecule is C[C@H](NP(=O)(OC[C@@H]1C[C@H](O)[C@H](n2cnc3c(N)nc(F)nc32)O1)Oc1cccc2ccccc12)C(=O)OCc1ccccc1. The molecule has 0 aliphatic carbocycles. The number of fused-ring (bicyclic) bond motifs is 2. The maximum absolute atomic E-state index is 14.2. The number of aliphatic hydroxyl groups is 1. The summed E-state index contributed by atoms with van der Waals surface area (Å²) in [6, 6.07) is 20.7. The minimum Gasteiger partial charge on any atom is -0.460 e. The van der Waals surface area contributed by atoms with E-state index in [4.69, 9.17) is 24.3 Å². The molecule has 3 heterocycles. The maximum atomic E-state index is 14.2. The molecule has 13 nitrogen and oxygen atoms in total. The first-order valence-electron chi connectivity index (χ1n) is 14.1. The highest BCUT2D eigenvalue weighted by molar-refractivity contribution is 7.52. The number of esters is 1. The molecule has 1 saturated heterocycles. The van der Waals surface area contributed by atoms with Crippen LogP contribution in [0.1, 0.15) is 25.1 Å². The summed E-state index contributed by atoms with van der Waals surface area (Å²) < 4.78 is 52.7. The number of ether oxygens (including phenoxy) is 2. The van der Waals surface area contributed by atoms with Crippen LogP contribution in [0, 0.1) is 6.08 Å². The predicted octanol–water partition coefficient (Wildman–Crippen LogP) is 4.27. The van der Waals surface area contributed by atoms with Gasteiger partial charge in [-0.3, -0.25) is 13.9 Å². The van der Waals surface area contributed by atoms with Crippen molar-refractivity contribution in [3.8, 4) is 5.75 Å². The Morgan fingerprint density at radius 3 is 2.73 bits per heavy atom. The van der Waals surface area contributed by atoms with Crippen LogP contribution in [0.15, 0.2) is 79.1 Å². The molecule has 1 aliphatic heterocycles. The van der Waals surface area contributed by atoms with Crippen molar-refractivity contribution in [2.24, 2.45) is 0 Å². The monoisotopic (exact) mass is 636 g/mol. The zero-order chi connectivity index (χ0) is 31.6. The van der Waals surface area contributed by atoms with Gasteiger partial charge >= 0.3 is 19.8 Å². The molecule has 3 aromatic carbocycles. The van der Waals surface area contributed by atoms with Crippen LogP contribution in [0.3, 0.4) is 0 Å². The zero-order valence-corrected chi connectivity index (χ0v) is 24.9. The summed E-state index contributed by atoms with van der Waals surface area (Å²) in [6.45, 7) is 1.21. The third kappa shape index (κ3) is 6.80. The third-order valence-electron chi connectivity index (χ3n) is 7.19. The van der Waals surface area contributed by atoms with E-state index in [1.807, 2.05) is 60.7 Å². The average Bonchev–Trinajstić information content (AvgIpc) is 3.62. The van der Waals surface area contributed by atoms with Crippen LogP contribution in [0.2, 0.25) is 0 Å². The van der Waals surface area contributed by atoms with Gasteiger partial charge < -0.3 is 24.8 Å². The quantitative estimate of drug-likeness (QED) is 0.107. The van der Waals surface area contributed by atoms with Crippen LogP contribution in [-0.2, 0) is 30.0 Å². The van der Waals surface area contributed by atoms with Gasteiger partial charge in [-0.15, -0.1) is 0 Å². The van der Waals surface area contributed by atoms with Crippen molar-refractivity contribution >= 4 is 41.5 Å². The van der Waals surface area contributed by atoms with E-state index in [9.17, 15) is 18.9 Å². The van der Waals surface area contributed by atoms with Crippen LogP contribution in [0.5, 0.6) is 5.75 Å². The molecule has 234 valence electrons. The van der Waals surface area contributed by atoms with Crippen molar-refractivity contribution in [2.45, 2.75) is 44.4 Å². The Kier molecular flexibility index (Phi) is 8.74. The van der Waals surface area contributed by atoms with Gasteiger partial charge in [0, 0.05) is 11.8 Å². The van der Waals surface area contributed by atoms with Gasteiger partial charge in [-0.1, -0.05) is 66.7 Å². The number of aromatic nitrogens is 4. The molecule has 2 aromatic heterocycles. The molecule has 1 aliphatic rings. The molecule has 0 saturated carbocycles. The Bertz CT molecular complexity index is 1870. The minimum atomic E-state index is -4.27. The fraction of sp³-hybridized carbons (Fsp3) is 0.267. The first kappa shape index (κ1) is 30.6. The Balaban J connectivity index is 1.19. The fourth-order valence-corrected chi connectivity index (χ4v) is 6.54. The smallest absolute Gasteiger partial charge is 0.459 e. The molecule has 45 heavy (non-hydrogen) atoms. The molecule has 5 atom stereocenters. The second kappa shape index (κ2) is 12.9. The molecular formula is C30H30FN6O7P. The second-order valence-electron chi connectivity index (χ2n) is 10.5. The van der Waals surface area contributed by atoms with Crippen LogP contribution in [0.4, 0.5) is 10.2 Å². The summed E-state index contributed by atoms with van der Waals surface area (Å²) in [6.07, 6.45) is -2.55. The Hall–Kier alpha value is -4.46. The van der Waals surface area contributed by atoms with E-state index in [0.717, 1.165) is 10.9 Å². The first-order valence-corrected chi connectivity index (χ1v) is 15.6. The number of halogens is 1. The Labute approximate surface area is 256 Å². The van der Waals surface area contributed by atoms with Crippen molar-refractivity contribution in [1.29, 1.82) is 0 Å². The van der Waals surface area contributed by atoms with Gasteiger partial charge in [0.25, 0.3) is 0 Å². The van der Waals surface area contributed by atoms with Gasteiger partial charge in [-0.2, -0.15) is 19.4 Å². The maximum Gasteiger partial charge on any atom is 0.459 e. The number of rotatable bonds is 11. The first-order chi connectivity index (χ1) is 21.7. The van der Waals surface area contributed by atoms with Crippen LogP contribution in [-0.4, -0.2) is 55.5 Å². The molecule has 0 bridgehead atoms. The number of nitrogens with two attached hydrogens (primary N) is 1. The van der Waals surface area contributed by atoms with E-state index in [-0.39, 0.29) is 42.4 Å². The lowest BCUT2D eigenvalue weighted by Gasteiger charge is -2.24. The van der Waals surface area contributed by atoms with E-state index >= 15 is 0 Å². The van der Waals surface area contributed by atoms with Gasteiger partial charge in [-0.05, 0) is 23.9 Å². The fourth-order valence-electron chi connectivity index (χ4n) is 5.00. The van der Waals surface area contributed by atoms with Crippen molar-refractivity contribution in [3.05, 3.63) is 90.8 Å². The van der Waals surface area contributed by atoms with Gasteiger partial charge in [0.2, 0.25) is 0 Å². The normalized spacial score (nSPS) is 20.2. The summed E-state index contributed by atoms with van der Waals surface area (Å²) in [4.78, 5) is 24.2. The number of hydrogen-bond acceptors (Lipinski definition) is 11. The number of aliphatic hydroxyl groups excluding tert-OH is 1. The highest BCUT2D eigenvalue weighted by Gasteiger charge is 2.40. The summed E-state index contributed by atoms with van der Waals surface area (Å²) in [5, 5.41) is 15.0. The van der Waals surface area contributed by atoms with Gasteiger partial charge in [0.1, 0.15) is 24.5 Å². The third-order valence-corrected chi connectivity index (χ3v) is 8.82. The summed E-state index contributed by atoms with van der Waals surface area (Å²) in [5.74, 6) is -0.557. The molecule has 15 heteroatoms. The molecule has 4 N–H and O–H groups in total. The highest BCUT2D eigenvalue weighted by Crippen LogP contribution is 2.47.